The van der Waals surface area contributed by atoms with Gasteiger partial charge >= 0.3 is 6.09 Å². The van der Waals surface area contributed by atoms with Gasteiger partial charge in [0.15, 0.2) is 11.6 Å². The number of fused-ring (bicyclic) bond motifs is 1. The van der Waals surface area contributed by atoms with Gasteiger partial charge in [-0.15, -0.1) is 11.3 Å². The number of thiazole rings is 1. The summed E-state index contributed by atoms with van der Waals surface area (Å²) in [4.78, 5) is 33.6. The lowest BCUT2D eigenvalue weighted by molar-refractivity contribution is -0.0229. The molecule has 0 unspecified atom stereocenters. The molecule has 3 heterocycles. The number of carbonyl (C=O) groups is 2. The second kappa shape index (κ2) is 9.37. The normalized spacial score (nSPS) is 16.0. The average Bonchev–Trinajstić information content (AvgIpc) is 3.21. The largest absolute Gasteiger partial charge is 0.484 e. The molecule has 5 rings (SSSR count). The first-order chi connectivity index (χ1) is 17.1. The molecular formula is C26H25ClFN3O4S. The SMILES string of the molecule is CC(C)(C)OC(=O)N1CC(Oc2ccc(N3CCc4nc(-c5ccc(Cl)cc5)sc4C3=O)cc2F)C1. The molecule has 0 N–H and O–H groups in total. The molecule has 1 saturated heterocycles. The molecule has 0 radical (unpaired) electrons. The summed E-state index contributed by atoms with van der Waals surface area (Å²) in [5.74, 6) is -0.678. The van der Waals surface area contributed by atoms with E-state index in [0.29, 0.717) is 41.6 Å². The van der Waals surface area contributed by atoms with Gasteiger partial charge in [-0.3, -0.25) is 4.79 Å². The van der Waals surface area contributed by atoms with E-state index in [2.05, 4.69) is 4.98 Å². The lowest BCUT2D eigenvalue weighted by Gasteiger charge is -2.39. The molecule has 2 aromatic carbocycles. The summed E-state index contributed by atoms with van der Waals surface area (Å²) in [7, 11) is 0. The summed E-state index contributed by atoms with van der Waals surface area (Å²) in [6.45, 7) is 6.46. The van der Waals surface area contributed by atoms with Crippen LogP contribution in [-0.4, -0.2) is 53.2 Å². The van der Waals surface area contributed by atoms with Gasteiger partial charge < -0.3 is 19.3 Å². The fraction of sp³-hybridized carbons (Fsp3) is 0.346. The maximum atomic E-state index is 14.9. The number of aromatic nitrogens is 1. The zero-order valence-electron chi connectivity index (χ0n) is 20.1. The Bertz CT molecular complexity index is 1320. The van der Waals surface area contributed by atoms with Gasteiger partial charge in [0, 0.05) is 35.3 Å². The van der Waals surface area contributed by atoms with Crippen molar-refractivity contribution in [2.24, 2.45) is 0 Å². The fourth-order valence-corrected chi connectivity index (χ4v) is 5.21. The topological polar surface area (TPSA) is 72.0 Å². The van der Waals surface area contributed by atoms with E-state index < -0.39 is 17.5 Å². The Hall–Kier alpha value is -3.17. The third-order valence-corrected chi connectivity index (χ3v) is 7.21. The van der Waals surface area contributed by atoms with Crippen LogP contribution in [0.25, 0.3) is 10.6 Å². The maximum Gasteiger partial charge on any atom is 0.410 e. The summed E-state index contributed by atoms with van der Waals surface area (Å²) in [5, 5.41) is 1.39. The molecule has 36 heavy (non-hydrogen) atoms. The van der Waals surface area contributed by atoms with Crippen LogP contribution in [0.4, 0.5) is 14.9 Å². The number of hydrogen-bond acceptors (Lipinski definition) is 6. The second-order valence-corrected chi connectivity index (χ2v) is 11.2. The van der Waals surface area contributed by atoms with E-state index in [0.717, 1.165) is 16.3 Å². The van der Waals surface area contributed by atoms with Crippen molar-refractivity contribution < 1.29 is 23.5 Å². The minimum absolute atomic E-state index is 0.0838. The molecule has 3 aromatic rings. The van der Waals surface area contributed by atoms with Crippen molar-refractivity contribution in [2.45, 2.75) is 38.9 Å². The van der Waals surface area contributed by atoms with E-state index in [1.807, 2.05) is 12.1 Å². The molecule has 2 aliphatic rings. The molecule has 0 aliphatic carbocycles. The predicted octanol–water partition coefficient (Wildman–Crippen LogP) is 5.80. The fourth-order valence-electron chi connectivity index (χ4n) is 4.01. The molecule has 2 amide bonds. The molecule has 7 nitrogen and oxygen atoms in total. The van der Waals surface area contributed by atoms with Crippen molar-refractivity contribution in [1.29, 1.82) is 0 Å². The van der Waals surface area contributed by atoms with Crippen molar-refractivity contribution >= 4 is 40.6 Å². The van der Waals surface area contributed by atoms with Crippen molar-refractivity contribution in [2.75, 3.05) is 24.5 Å². The van der Waals surface area contributed by atoms with Gasteiger partial charge in [0.1, 0.15) is 21.6 Å². The highest BCUT2D eigenvalue weighted by Gasteiger charge is 2.36. The van der Waals surface area contributed by atoms with Crippen LogP contribution in [0, 0.1) is 5.82 Å². The highest BCUT2D eigenvalue weighted by Crippen LogP contribution is 2.35. The van der Waals surface area contributed by atoms with Gasteiger partial charge in [0.25, 0.3) is 5.91 Å². The number of anilines is 1. The standard InChI is InChI=1S/C26H25ClFN3O4S/c1-26(2,3)35-25(33)30-13-18(14-30)34-21-9-8-17(12-19(21)28)31-11-10-20-22(24(31)32)36-23(29-20)15-4-6-16(27)7-5-15/h4-9,12,18H,10-11,13-14H2,1-3H3. The van der Waals surface area contributed by atoms with Gasteiger partial charge in [-0.25, -0.2) is 14.2 Å². The van der Waals surface area contributed by atoms with Crippen molar-refractivity contribution in [3.8, 4) is 16.3 Å². The van der Waals surface area contributed by atoms with E-state index in [-0.39, 0.29) is 17.8 Å². The Labute approximate surface area is 217 Å². The molecule has 0 saturated carbocycles. The number of ether oxygens (including phenoxy) is 2. The zero-order valence-corrected chi connectivity index (χ0v) is 21.7. The van der Waals surface area contributed by atoms with Gasteiger partial charge in [0.2, 0.25) is 0 Å². The van der Waals surface area contributed by atoms with Crippen LogP contribution in [0.2, 0.25) is 5.02 Å². The number of halogens is 2. The molecule has 0 bridgehead atoms. The van der Waals surface area contributed by atoms with E-state index in [1.54, 1.807) is 43.9 Å². The number of hydrogen-bond donors (Lipinski definition) is 0. The van der Waals surface area contributed by atoms with E-state index in [9.17, 15) is 14.0 Å². The minimum atomic E-state index is -0.575. The van der Waals surface area contributed by atoms with Crippen molar-refractivity contribution in [3.05, 3.63) is 63.9 Å². The van der Waals surface area contributed by atoms with Crippen LogP contribution in [0.15, 0.2) is 42.5 Å². The first kappa shape index (κ1) is 24.5. The average molecular weight is 530 g/mol. The summed E-state index contributed by atoms with van der Waals surface area (Å²) in [5.41, 5.74) is 1.54. The molecule has 1 fully saturated rings. The first-order valence-electron chi connectivity index (χ1n) is 11.6. The van der Waals surface area contributed by atoms with Crippen molar-refractivity contribution in [3.63, 3.8) is 0 Å². The first-order valence-corrected chi connectivity index (χ1v) is 12.8. The Balaban J connectivity index is 1.24. The lowest BCUT2D eigenvalue weighted by Crippen LogP contribution is -2.57. The smallest absolute Gasteiger partial charge is 0.410 e. The van der Waals surface area contributed by atoms with Gasteiger partial charge in [-0.2, -0.15) is 0 Å². The van der Waals surface area contributed by atoms with Gasteiger partial charge in [-0.05, 0) is 45.0 Å². The molecule has 2 aliphatic heterocycles. The minimum Gasteiger partial charge on any atom is -0.484 e. The quantitative estimate of drug-likeness (QED) is 0.427. The van der Waals surface area contributed by atoms with Gasteiger partial charge in [0.05, 0.1) is 18.8 Å². The summed E-state index contributed by atoms with van der Waals surface area (Å²) in [6.07, 6.45) is -0.155. The predicted molar refractivity (Wildman–Crippen MR) is 137 cm³/mol. The highest BCUT2D eigenvalue weighted by molar-refractivity contribution is 7.17. The Kier molecular flexibility index (Phi) is 6.38. The van der Waals surface area contributed by atoms with E-state index in [1.165, 1.54) is 28.4 Å². The second-order valence-electron chi connectivity index (χ2n) is 9.75. The summed E-state index contributed by atoms with van der Waals surface area (Å²) in [6, 6.07) is 11.8. The molecule has 1 aromatic heterocycles. The molecule has 0 spiro atoms. The number of carbonyl (C=O) groups excluding carboxylic acids is 2. The van der Waals surface area contributed by atoms with Crippen LogP contribution >= 0.6 is 22.9 Å². The van der Waals surface area contributed by atoms with Crippen LogP contribution in [0.5, 0.6) is 5.75 Å². The molecule has 0 atom stereocenters. The van der Waals surface area contributed by atoms with Crippen molar-refractivity contribution in [1.82, 2.24) is 9.88 Å². The van der Waals surface area contributed by atoms with E-state index in [4.69, 9.17) is 21.1 Å². The summed E-state index contributed by atoms with van der Waals surface area (Å²) < 4.78 is 26.0. The van der Waals surface area contributed by atoms with E-state index >= 15 is 0 Å². The van der Waals surface area contributed by atoms with Crippen LogP contribution in [0.1, 0.15) is 36.1 Å². The lowest BCUT2D eigenvalue weighted by atomic mass is 10.1. The molecule has 188 valence electrons. The monoisotopic (exact) mass is 529 g/mol. The third-order valence-electron chi connectivity index (χ3n) is 5.82. The Morgan fingerprint density at radius 2 is 1.89 bits per heavy atom. The number of benzene rings is 2. The van der Waals surface area contributed by atoms with Crippen LogP contribution in [-0.2, 0) is 11.2 Å². The van der Waals surface area contributed by atoms with Crippen LogP contribution in [0.3, 0.4) is 0 Å². The molecule has 10 heteroatoms. The number of amides is 2. The maximum absolute atomic E-state index is 14.9. The zero-order chi connectivity index (χ0) is 25.6. The number of rotatable bonds is 4. The number of likely N-dealkylation sites (tertiary alicyclic amines) is 1. The van der Waals surface area contributed by atoms with Gasteiger partial charge in [-0.1, -0.05) is 23.7 Å². The van der Waals surface area contributed by atoms with Crippen LogP contribution < -0.4 is 9.64 Å². The Morgan fingerprint density at radius 1 is 1.17 bits per heavy atom. The Morgan fingerprint density at radius 3 is 2.56 bits per heavy atom. The highest BCUT2D eigenvalue weighted by atomic mass is 35.5. The number of nitrogens with zero attached hydrogens (tertiary/aromatic N) is 3. The third kappa shape index (κ3) is 5.03. The summed E-state index contributed by atoms with van der Waals surface area (Å²) >= 11 is 7.30. The molecular weight excluding hydrogens is 505 g/mol.